The van der Waals surface area contributed by atoms with Gasteiger partial charge in [-0.2, -0.15) is 0 Å². The van der Waals surface area contributed by atoms with E-state index in [1.165, 1.54) is 11.9 Å². The van der Waals surface area contributed by atoms with Crippen LogP contribution in [0, 0.1) is 0 Å². The number of likely N-dealkylation sites (N-methyl/N-ethyl adjacent to an activating group) is 1. The Balaban J connectivity index is 1.77. The number of benzene rings is 1. The number of esters is 1. The van der Waals surface area contributed by atoms with E-state index >= 15 is 0 Å². The molecule has 2 rings (SSSR count). The number of hydrogen-bond donors (Lipinski definition) is 1. The Kier molecular flexibility index (Phi) is 5.54. The highest BCUT2D eigenvalue weighted by Crippen LogP contribution is 2.18. The van der Waals surface area contributed by atoms with Gasteiger partial charge in [-0.05, 0) is 40.9 Å². The number of rotatable bonds is 6. The summed E-state index contributed by atoms with van der Waals surface area (Å²) in [5, 5.41) is 2.79. The van der Waals surface area contributed by atoms with Gasteiger partial charge in [0.1, 0.15) is 0 Å². The van der Waals surface area contributed by atoms with E-state index in [1.807, 2.05) is 0 Å². The van der Waals surface area contributed by atoms with Crippen LogP contribution in [0.3, 0.4) is 0 Å². The molecule has 6 nitrogen and oxygen atoms in total. The van der Waals surface area contributed by atoms with Crippen molar-refractivity contribution in [2.24, 2.45) is 0 Å². The van der Waals surface area contributed by atoms with Crippen LogP contribution in [0.1, 0.15) is 23.2 Å². The van der Waals surface area contributed by atoms with Gasteiger partial charge in [-0.3, -0.25) is 9.59 Å². The zero-order valence-corrected chi connectivity index (χ0v) is 13.8. The number of nitrogens with one attached hydrogen (secondary N) is 1. The van der Waals surface area contributed by atoms with Crippen LogP contribution < -0.4 is 5.32 Å². The van der Waals surface area contributed by atoms with E-state index in [2.05, 4.69) is 21.2 Å². The Hall–Kier alpha value is -1.89. The molecule has 1 aromatic carbocycles. The molecule has 1 aliphatic rings. The lowest BCUT2D eigenvalue weighted by atomic mass is 10.2. The number of hydrogen-bond acceptors (Lipinski definition) is 4. The monoisotopic (exact) mass is 368 g/mol. The third-order valence-corrected chi connectivity index (χ3v) is 3.86. The molecule has 0 aromatic heterocycles. The van der Waals surface area contributed by atoms with E-state index in [4.69, 9.17) is 4.74 Å². The third kappa shape index (κ3) is 4.84. The number of amides is 2. The predicted molar refractivity (Wildman–Crippen MR) is 83.2 cm³/mol. The molecule has 0 saturated heterocycles. The fourth-order valence-corrected chi connectivity index (χ4v) is 2.19. The Morgan fingerprint density at radius 2 is 2.00 bits per heavy atom. The third-order valence-electron chi connectivity index (χ3n) is 3.17. The molecule has 7 heteroatoms. The van der Waals surface area contributed by atoms with Gasteiger partial charge in [0.25, 0.3) is 5.91 Å². The van der Waals surface area contributed by atoms with E-state index in [-0.39, 0.29) is 18.5 Å². The fourth-order valence-electron chi connectivity index (χ4n) is 1.75. The van der Waals surface area contributed by atoms with Crippen LogP contribution in [0.15, 0.2) is 28.7 Å². The minimum absolute atomic E-state index is 0.0398. The maximum absolute atomic E-state index is 11.9. The molecule has 1 fully saturated rings. The van der Waals surface area contributed by atoms with E-state index in [9.17, 15) is 14.4 Å². The summed E-state index contributed by atoms with van der Waals surface area (Å²) in [5.74, 6) is -1.21. The molecule has 0 aliphatic heterocycles. The van der Waals surface area contributed by atoms with Crippen LogP contribution in [0.2, 0.25) is 0 Å². The van der Waals surface area contributed by atoms with Gasteiger partial charge in [0.2, 0.25) is 5.91 Å². The minimum atomic E-state index is -0.586. The first kappa shape index (κ1) is 16.5. The van der Waals surface area contributed by atoms with E-state index < -0.39 is 18.5 Å². The number of nitrogens with zero attached hydrogens (tertiary/aromatic N) is 1. The maximum atomic E-state index is 11.9. The first-order chi connectivity index (χ1) is 10.5. The average Bonchev–Trinajstić information content (AvgIpc) is 3.28. The highest BCUT2D eigenvalue weighted by Gasteiger charge is 2.24. The largest absolute Gasteiger partial charge is 0.452 e. The topological polar surface area (TPSA) is 75.7 Å². The summed E-state index contributed by atoms with van der Waals surface area (Å²) >= 11 is 3.25. The molecule has 0 unspecified atom stereocenters. The Morgan fingerprint density at radius 1 is 1.32 bits per heavy atom. The molecule has 0 heterocycles. The molecule has 2 amide bonds. The molecule has 118 valence electrons. The van der Waals surface area contributed by atoms with Gasteiger partial charge in [-0.15, -0.1) is 0 Å². The molecule has 1 N–H and O–H groups in total. The smallest absolute Gasteiger partial charge is 0.339 e. The predicted octanol–water partition coefficient (Wildman–Crippen LogP) is 1.34. The first-order valence-electron chi connectivity index (χ1n) is 6.92. The lowest BCUT2D eigenvalue weighted by molar-refractivity contribution is -0.137. The molecule has 0 bridgehead atoms. The summed E-state index contributed by atoms with van der Waals surface area (Å²) < 4.78 is 5.58. The van der Waals surface area contributed by atoms with Crippen molar-refractivity contribution in [2.45, 2.75) is 18.9 Å². The zero-order valence-electron chi connectivity index (χ0n) is 12.2. The zero-order chi connectivity index (χ0) is 16.1. The van der Waals surface area contributed by atoms with Crippen molar-refractivity contribution < 1.29 is 19.1 Å². The second-order valence-corrected chi connectivity index (χ2v) is 6.00. The Labute approximate surface area is 136 Å². The molecule has 1 aromatic rings. The van der Waals surface area contributed by atoms with Crippen LogP contribution in [0.4, 0.5) is 0 Å². The number of carbonyl (C=O) groups excluding carboxylic acids is 3. The lowest BCUT2D eigenvalue weighted by Crippen LogP contribution is -2.40. The van der Waals surface area contributed by atoms with Crippen LogP contribution in [-0.2, 0) is 14.3 Å². The number of carbonyl (C=O) groups is 3. The summed E-state index contributed by atoms with van der Waals surface area (Å²) in [6.45, 7) is -0.435. The highest BCUT2D eigenvalue weighted by atomic mass is 79.9. The van der Waals surface area contributed by atoms with Crippen molar-refractivity contribution in [3.05, 3.63) is 34.3 Å². The number of halogens is 1. The molecule has 22 heavy (non-hydrogen) atoms. The molecule has 1 aliphatic carbocycles. The molecule has 0 spiro atoms. The summed E-state index contributed by atoms with van der Waals surface area (Å²) in [7, 11) is 1.50. The van der Waals surface area contributed by atoms with Crippen molar-refractivity contribution in [3.63, 3.8) is 0 Å². The van der Waals surface area contributed by atoms with Crippen molar-refractivity contribution >= 4 is 33.7 Å². The van der Waals surface area contributed by atoms with Crippen LogP contribution >= 0.6 is 15.9 Å². The first-order valence-corrected chi connectivity index (χ1v) is 7.71. The van der Waals surface area contributed by atoms with Crippen LogP contribution in [0.5, 0.6) is 0 Å². The summed E-state index contributed by atoms with van der Waals surface area (Å²) in [6.07, 6.45) is 1.99. The molecule has 0 radical (unpaired) electrons. The summed E-state index contributed by atoms with van der Waals surface area (Å²) in [5.41, 5.74) is 0.351. The summed E-state index contributed by atoms with van der Waals surface area (Å²) in [4.78, 5) is 36.6. The quantitative estimate of drug-likeness (QED) is 0.768. The van der Waals surface area contributed by atoms with E-state index in [0.29, 0.717) is 10.0 Å². The van der Waals surface area contributed by atoms with Gasteiger partial charge in [0.05, 0.1) is 12.1 Å². The minimum Gasteiger partial charge on any atom is -0.452 e. The van der Waals surface area contributed by atoms with Crippen LogP contribution in [0.25, 0.3) is 0 Å². The molecular weight excluding hydrogens is 352 g/mol. The van der Waals surface area contributed by atoms with Crippen LogP contribution in [-0.4, -0.2) is 48.9 Å². The molecular formula is C15H17BrN2O4. The fraction of sp³-hybridized carbons (Fsp3) is 0.400. The molecule has 0 atom stereocenters. The molecule has 1 saturated carbocycles. The maximum Gasteiger partial charge on any atom is 0.339 e. The normalized spacial score (nSPS) is 13.4. The van der Waals surface area contributed by atoms with E-state index in [0.717, 1.165) is 12.8 Å². The van der Waals surface area contributed by atoms with Crippen molar-refractivity contribution in [2.75, 3.05) is 20.2 Å². The van der Waals surface area contributed by atoms with Crippen molar-refractivity contribution in [1.82, 2.24) is 10.2 Å². The summed E-state index contributed by atoms with van der Waals surface area (Å²) in [6, 6.07) is 7.05. The SMILES string of the molecule is CN(CC(=O)NC1CC1)C(=O)COC(=O)c1ccccc1Br. The average molecular weight is 369 g/mol. The van der Waals surface area contributed by atoms with Gasteiger partial charge < -0.3 is 15.0 Å². The van der Waals surface area contributed by atoms with Gasteiger partial charge in [-0.1, -0.05) is 12.1 Å². The van der Waals surface area contributed by atoms with Gasteiger partial charge in [-0.25, -0.2) is 4.79 Å². The Morgan fingerprint density at radius 3 is 2.64 bits per heavy atom. The second kappa shape index (κ2) is 7.40. The van der Waals surface area contributed by atoms with Gasteiger partial charge in [0, 0.05) is 17.6 Å². The standard InChI is InChI=1S/C15H17BrN2O4/c1-18(8-13(19)17-10-6-7-10)14(20)9-22-15(21)11-4-2-3-5-12(11)16/h2-5,10H,6-9H2,1H3,(H,17,19). The lowest BCUT2D eigenvalue weighted by Gasteiger charge is -2.16. The van der Waals surface area contributed by atoms with Gasteiger partial charge in [0.15, 0.2) is 6.61 Å². The highest BCUT2D eigenvalue weighted by molar-refractivity contribution is 9.10. The van der Waals surface area contributed by atoms with Gasteiger partial charge >= 0.3 is 5.97 Å². The second-order valence-electron chi connectivity index (χ2n) is 5.15. The Bertz CT molecular complexity index is 587. The van der Waals surface area contributed by atoms with Crippen molar-refractivity contribution in [1.29, 1.82) is 0 Å². The number of ether oxygens (including phenoxy) is 1. The van der Waals surface area contributed by atoms with Crippen molar-refractivity contribution in [3.8, 4) is 0 Å². The van der Waals surface area contributed by atoms with E-state index in [1.54, 1.807) is 24.3 Å².